The van der Waals surface area contributed by atoms with Gasteiger partial charge in [-0.2, -0.15) is 0 Å². The molecule has 3 aromatic carbocycles. The quantitative estimate of drug-likeness (QED) is 0.184. The molecule has 0 saturated carbocycles. The summed E-state index contributed by atoms with van der Waals surface area (Å²) >= 11 is 0. The highest BCUT2D eigenvalue weighted by atomic mass is 19.1. The van der Waals surface area contributed by atoms with Gasteiger partial charge in [0, 0.05) is 12.8 Å². The van der Waals surface area contributed by atoms with E-state index in [1.807, 2.05) is 0 Å². The lowest BCUT2D eigenvalue weighted by Gasteiger charge is -2.24. The number of benzene rings is 3. The first-order chi connectivity index (χ1) is 18.5. The van der Waals surface area contributed by atoms with Crippen LogP contribution in [0.1, 0.15) is 16.7 Å². The summed E-state index contributed by atoms with van der Waals surface area (Å²) in [6.45, 7) is 0. The fourth-order valence-corrected chi connectivity index (χ4v) is 3.85. The average Bonchev–Trinajstić information content (AvgIpc) is 2.91. The van der Waals surface area contributed by atoms with E-state index < -0.39 is 47.5 Å². The van der Waals surface area contributed by atoms with Gasteiger partial charge in [0.05, 0.1) is 13.2 Å². The van der Waals surface area contributed by atoms with Crippen LogP contribution in [-0.4, -0.2) is 53.2 Å². The Morgan fingerprint density at radius 1 is 0.744 bits per heavy atom. The summed E-state index contributed by atoms with van der Waals surface area (Å²) in [5.74, 6) is -3.80. The Kier molecular flexibility index (Phi) is 9.93. The van der Waals surface area contributed by atoms with E-state index >= 15 is 0 Å². The van der Waals surface area contributed by atoms with Gasteiger partial charge in [-0.25, -0.2) is 13.6 Å². The standard InChI is InChI=1S/C28H29F2N3O6/c1-39-28(38)23(14-17-4-9-20(30)10-5-17)33-27(37)22(13-16-2-7-19(29)8-3-16)32-26(36)21(31)12-18-6-11-24(34)25(35)15-18/h2-11,15,21-23,34-35H,12-14,31H2,1H3,(H,32,36)(H,33,37)/t21-,22-,23-/m0/s1. The van der Waals surface area contributed by atoms with Crippen molar-refractivity contribution in [1.82, 2.24) is 10.6 Å². The van der Waals surface area contributed by atoms with Crippen molar-refractivity contribution in [2.75, 3.05) is 7.11 Å². The third kappa shape index (κ3) is 8.50. The number of aromatic hydroxyl groups is 2. The van der Waals surface area contributed by atoms with Gasteiger partial charge in [0.2, 0.25) is 11.8 Å². The molecule has 0 unspecified atom stereocenters. The molecule has 0 aliphatic heterocycles. The van der Waals surface area contributed by atoms with Crippen LogP contribution in [0.3, 0.4) is 0 Å². The Balaban J connectivity index is 1.78. The zero-order valence-corrected chi connectivity index (χ0v) is 21.1. The molecule has 2 amide bonds. The molecular weight excluding hydrogens is 512 g/mol. The molecule has 9 nitrogen and oxygen atoms in total. The molecule has 0 aliphatic rings. The number of methoxy groups -OCH3 is 1. The number of halogens is 2. The highest BCUT2D eigenvalue weighted by Crippen LogP contribution is 2.25. The van der Waals surface area contributed by atoms with Crippen LogP contribution >= 0.6 is 0 Å². The molecule has 3 aromatic rings. The second-order valence-corrected chi connectivity index (χ2v) is 8.94. The van der Waals surface area contributed by atoms with Crippen molar-refractivity contribution < 1.29 is 38.1 Å². The molecule has 0 fully saturated rings. The Morgan fingerprint density at radius 2 is 1.23 bits per heavy atom. The Morgan fingerprint density at radius 3 is 1.74 bits per heavy atom. The van der Waals surface area contributed by atoms with Crippen molar-refractivity contribution in [3.05, 3.63) is 95.1 Å². The number of nitrogens with two attached hydrogens (primary N) is 1. The summed E-state index contributed by atoms with van der Waals surface area (Å²) < 4.78 is 31.5. The van der Waals surface area contributed by atoms with Crippen LogP contribution in [0.15, 0.2) is 66.7 Å². The summed E-state index contributed by atoms with van der Waals surface area (Å²) in [7, 11) is 1.16. The molecule has 3 atom stereocenters. The van der Waals surface area contributed by atoms with E-state index in [9.17, 15) is 33.4 Å². The van der Waals surface area contributed by atoms with E-state index in [1.165, 1.54) is 66.7 Å². The van der Waals surface area contributed by atoms with Crippen molar-refractivity contribution in [3.63, 3.8) is 0 Å². The number of carbonyl (C=O) groups is 3. The molecule has 0 radical (unpaired) electrons. The Bertz CT molecular complexity index is 1300. The molecule has 0 spiro atoms. The normalized spacial score (nSPS) is 13.1. The van der Waals surface area contributed by atoms with Crippen molar-refractivity contribution in [3.8, 4) is 11.5 Å². The number of hydrogen-bond donors (Lipinski definition) is 5. The minimum absolute atomic E-state index is 0.000231. The van der Waals surface area contributed by atoms with Gasteiger partial charge in [-0.3, -0.25) is 9.59 Å². The minimum atomic E-state index is -1.21. The van der Waals surface area contributed by atoms with Crippen LogP contribution in [0.2, 0.25) is 0 Å². The fraction of sp³-hybridized carbons (Fsp3) is 0.250. The first kappa shape index (κ1) is 29.1. The first-order valence-corrected chi connectivity index (χ1v) is 12.0. The molecule has 206 valence electrons. The number of phenolic OH excluding ortho intramolecular Hbond substituents is 2. The molecule has 0 aromatic heterocycles. The zero-order chi connectivity index (χ0) is 28.5. The fourth-order valence-electron chi connectivity index (χ4n) is 3.85. The topological polar surface area (TPSA) is 151 Å². The Hall–Kier alpha value is -4.51. The largest absolute Gasteiger partial charge is 0.504 e. The van der Waals surface area contributed by atoms with Crippen LogP contribution in [-0.2, 0) is 38.4 Å². The number of rotatable bonds is 11. The van der Waals surface area contributed by atoms with Crippen molar-refractivity contribution >= 4 is 17.8 Å². The van der Waals surface area contributed by atoms with Crippen LogP contribution in [0, 0.1) is 11.6 Å². The summed E-state index contributed by atoms with van der Waals surface area (Å²) in [6, 6.07) is 11.2. The predicted octanol–water partition coefficient (Wildman–Crippen LogP) is 1.87. The van der Waals surface area contributed by atoms with E-state index in [0.29, 0.717) is 16.7 Å². The van der Waals surface area contributed by atoms with E-state index in [1.54, 1.807) is 0 Å². The predicted molar refractivity (Wildman–Crippen MR) is 138 cm³/mol. The molecule has 11 heteroatoms. The van der Waals surface area contributed by atoms with Gasteiger partial charge >= 0.3 is 5.97 Å². The summed E-state index contributed by atoms with van der Waals surface area (Å²) in [4.78, 5) is 38.7. The van der Waals surface area contributed by atoms with Crippen LogP contribution in [0.4, 0.5) is 8.78 Å². The summed E-state index contributed by atoms with van der Waals surface area (Å²) in [5, 5.41) is 24.3. The van der Waals surface area contributed by atoms with Crippen LogP contribution in [0.5, 0.6) is 11.5 Å². The molecule has 39 heavy (non-hydrogen) atoms. The van der Waals surface area contributed by atoms with Crippen molar-refractivity contribution in [1.29, 1.82) is 0 Å². The average molecular weight is 542 g/mol. The third-order valence-electron chi connectivity index (χ3n) is 5.97. The SMILES string of the molecule is COC(=O)[C@H](Cc1ccc(F)cc1)NC(=O)[C@H](Cc1ccc(F)cc1)NC(=O)[C@@H](N)Cc1ccc(O)c(O)c1. The lowest BCUT2D eigenvalue weighted by molar-refractivity contribution is -0.145. The zero-order valence-electron chi connectivity index (χ0n) is 21.1. The summed E-state index contributed by atoms with van der Waals surface area (Å²) in [5.41, 5.74) is 7.60. The number of esters is 1. The third-order valence-corrected chi connectivity index (χ3v) is 5.97. The second-order valence-electron chi connectivity index (χ2n) is 8.94. The monoisotopic (exact) mass is 541 g/mol. The molecular formula is C28H29F2N3O6. The van der Waals surface area contributed by atoms with E-state index in [2.05, 4.69) is 10.6 Å². The molecule has 0 saturated heterocycles. The van der Waals surface area contributed by atoms with Gasteiger partial charge < -0.3 is 31.3 Å². The number of hydrogen-bond acceptors (Lipinski definition) is 7. The molecule has 3 rings (SSSR count). The maximum absolute atomic E-state index is 13.4. The number of nitrogens with one attached hydrogen (secondary N) is 2. The molecule has 0 aliphatic carbocycles. The molecule has 0 heterocycles. The van der Waals surface area contributed by atoms with E-state index in [4.69, 9.17) is 10.5 Å². The lowest BCUT2D eigenvalue weighted by Crippen LogP contribution is -2.56. The number of phenols is 2. The van der Waals surface area contributed by atoms with Gasteiger partial charge in [0.1, 0.15) is 23.7 Å². The van der Waals surface area contributed by atoms with Gasteiger partial charge in [-0.15, -0.1) is 0 Å². The van der Waals surface area contributed by atoms with Gasteiger partial charge in [0.25, 0.3) is 0 Å². The summed E-state index contributed by atoms with van der Waals surface area (Å²) in [6.07, 6.45) is -0.0608. The smallest absolute Gasteiger partial charge is 0.328 e. The highest BCUT2D eigenvalue weighted by molar-refractivity contribution is 5.92. The van der Waals surface area contributed by atoms with Gasteiger partial charge in [-0.1, -0.05) is 30.3 Å². The highest BCUT2D eigenvalue weighted by Gasteiger charge is 2.29. The molecule has 0 bridgehead atoms. The first-order valence-electron chi connectivity index (χ1n) is 12.0. The Labute approximate surface area is 223 Å². The lowest BCUT2D eigenvalue weighted by atomic mass is 10.0. The van der Waals surface area contributed by atoms with Crippen molar-refractivity contribution in [2.45, 2.75) is 37.4 Å². The number of carbonyl (C=O) groups excluding carboxylic acids is 3. The maximum atomic E-state index is 13.4. The maximum Gasteiger partial charge on any atom is 0.328 e. The number of ether oxygens (including phenoxy) is 1. The van der Waals surface area contributed by atoms with Gasteiger partial charge in [-0.05, 0) is 59.5 Å². The van der Waals surface area contributed by atoms with Crippen LogP contribution < -0.4 is 16.4 Å². The minimum Gasteiger partial charge on any atom is -0.504 e. The van der Waals surface area contributed by atoms with Crippen LogP contribution in [0.25, 0.3) is 0 Å². The van der Waals surface area contributed by atoms with E-state index in [-0.39, 0.29) is 30.8 Å². The van der Waals surface area contributed by atoms with E-state index in [0.717, 1.165) is 7.11 Å². The second kappa shape index (κ2) is 13.3. The van der Waals surface area contributed by atoms with Gasteiger partial charge in [0.15, 0.2) is 11.5 Å². The molecule has 6 N–H and O–H groups in total. The number of amides is 2. The van der Waals surface area contributed by atoms with Crippen molar-refractivity contribution in [2.24, 2.45) is 5.73 Å².